The summed E-state index contributed by atoms with van der Waals surface area (Å²) in [5.74, 6) is -1.09. The van der Waals surface area contributed by atoms with Crippen molar-refractivity contribution in [2.75, 3.05) is 19.8 Å². The summed E-state index contributed by atoms with van der Waals surface area (Å²) in [6, 6.07) is 3.40. The highest BCUT2D eigenvalue weighted by Gasteiger charge is 2.15. The fraction of sp³-hybridized carbons (Fsp3) is 0.538. The van der Waals surface area contributed by atoms with Crippen molar-refractivity contribution in [3.8, 4) is 0 Å². The molecule has 17 heavy (non-hydrogen) atoms. The number of likely N-dealkylation sites (N-methyl/N-ethyl adjacent to an activating group) is 1. The fourth-order valence-corrected chi connectivity index (χ4v) is 1.63. The van der Waals surface area contributed by atoms with E-state index >= 15 is 0 Å². The summed E-state index contributed by atoms with van der Waals surface area (Å²) >= 11 is 0. The van der Waals surface area contributed by atoms with Crippen molar-refractivity contribution >= 4 is 0 Å². The second kappa shape index (κ2) is 7.35. The summed E-state index contributed by atoms with van der Waals surface area (Å²) in [6.45, 7) is 5.70. The third-order valence-corrected chi connectivity index (χ3v) is 2.42. The molecule has 0 aliphatic rings. The molecule has 0 amide bonds. The number of rotatable bonds is 7. The molecule has 0 saturated carbocycles. The van der Waals surface area contributed by atoms with Gasteiger partial charge in [-0.25, -0.2) is 8.78 Å². The summed E-state index contributed by atoms with van der Waals surface area (Å²) < 4.78 is 31.8. The van der Waals surface area contributed by atoms with E-state index < -0.39 is 11.6 Å². The van der Waals surface area contributed by atoms with E-state index in [0.29, 0.717) is 25.3 Å². The molecule has 1 atom stereocenters. The fourth-order valence-electron chi connectivity index (χ4n) is 1.63. The zero-order valence-electron chi connectivity index (χ0n) is 10.3. The van der Waals surface area contributed by atoms with Gasteiger partial charge >= 0.3 is 0 Å². The topological polar surface area (TPSA) is 21.3 Å². The normalized spacial score (nSPS) is 12.7. The lowest BCUT2D eigenvalue weighted by Crippen LogP contribution is -2.26. The van der Waals surface area contributed by atoms with Crippen molar-refractivity contribution < 1.29 is 13.5 Å². The molecule has 0 spiro atoms. The summed E-state index contributed by atoms with van der Waals surface area (Å²) in [5.41, 5.74) is 0.448. The minimum atomic E-state index is -0.559. The van der Waals surface area contributed by atoms with Crippen LogP contribution in [0.2, 0.25) is 0 Å². The second-order valence-electron chi connectivity index (χ2n) is 3.85. The number of nitrogens with one attached hydrogen (secondary N) is 1. The van der Waals surface area contributed by atoms with Crippen LogP contribution in [0, 0.1) is 11.6 Å². The average Bonchev–Trinajstić information content (AvgIpc) is 2.28. The maximum Gasteiger partial charge on any atom is 0.130 e. The largest absolute Gasteiger partial charge is 0.379 e. The molecule has 0 fully saturated rings. The molecule has 0 aliphatic carbocycles. The van der Waals surface area contributed by atoms with Crippen molar-refractivity contribution in [2.45, 2.75) is 26.3 Å². The molecular weight excluding hydrogens is 224 g/mol. The predicted octanol–water partition coefficient (Wildman–Crippen LogP) is 3.04. The van der Waals surface area contributed by atoms with E-state index in [-0.39, 0.29) is 6.04 Å². The van der Waals surface area contributed by atoms with E-state index in [1.165, 1.54) is 12.1 Å². The molecule has 4 heteroatoms. The van der Waals surface area contributed by atoms with Crippen LogP contribution in [0.5, 0.6) is 0 Å². The van der Waals surface area contributed by atoms with Gasteiger partial charge in [0.1, 0.15) is 11.6 Å². The molecule has 0 bridgehead atoms. The Morgan fingerprint density at radius 3 is 2.65 bits per heavy atom. The highest BCUT2D eigenvalue weighted by atomic mass is 19.1. The molecule has 0 heterocycles. The molecule has 96 valence electrons. The van der Waals surface area contributed by atoms with Crippen LogP contribution in [0.25, 0.3) is 0 Å². The van der Waals surface area contributed by atoms with Gasteiger partial charge in [-0.3, -0.25) is 0 Å². The Hall–Kier alpha value is -1.00. The van der Waals surface area contributed by atoms with Crippen LogP contribution in [0.15, 0.2) is 18.2 Å². The molecule has 0 saturated heterocycles. The van der Waals surface area contributed by atoms with Gasteiger partial charge < -0.3 is 10.1 Å². The van der Waals surface area contributed by atoms with Gasteiger partial charge in [-0.15, -0.1) is 0 Å². The van der Waals surface area contributed by atoms with Gasteiger partial charge in [0, 0.05) is 18.2 Å². The monoisotopic (exact) mass is 243 g/mol. The lowest BCUT2D eigenvalue weighted by molar-refractivity contribution is 0.111. The second-order valence-corrected chi connectivity index (χ2v) is 3.85. The zero-order chi connectivity index (χ0) is 12.7. The van der Waals surface area contributed by atoms with E-state index in [0.717, 1.165) is 12.5 Å². The Balaban J connectivity index is 2.74. The van der Waals surface area contributed by atoms with E-state index in [1.54, 1.807) is 0 Å². The minimum absolute atomic E-state index is 0.229. The third-order valence-electron chi connectivity index (χ3n) is 2.42. The number of halogens is 2. The summed E-state index contributed by atoms with van der Waals surface area (Å²) in [5, 5.41) is 3.13. The maximum atomic E-state index is 13.6. The van der Waals surface area contributed by atoms with Gasteiger partial charge in [-0.2, -0.15) is 0 Å². The van der Waals surface area contributed by atoms with Gasteiger partial charge in [0.2, 0.25) is 0 Å². The first-order valence-electron chi connectivity index (χ1n) is 5.95. The molecule has 1 aromatic carbocycles. The van der Waals surface area contributed by atoms with Crippen molar-refractivity contribution in [1.29, 1.82) is 0 Å². The van der Waals surface area contributed by atoms with Crippen LogP contribution in [0.4, 0.5) is 8.78 Å². The standard InChI is InChI=1S/C13H19F2NO/c1-3-7-17-9-13(16-4-2)11-6-5-10(14)8-12(11)15/h5-6,8,13,16H,3-4,7,9H2,1-2H3. The third kappa shape index (κ3) is 4.40. The number of ether oxygens (including phenoxy) is 1. The molecule has 1 rings (SSSR count). The van der Waals surface area contributed by atoms with Crippen LogP contribution in [-0.2, 0) is 4.74 Å². The SMILES string of the molecule is CCCOCC(NCC)c1ccc(F)cc1F. The molecule has 1 N–H and O–H groups in total. The summed E-state index contributed by atoms with van der Waals surface area (Å²) in [7, 11) is 0. The molecule has 1 unspecified atom stereocenters. The van der Waals surface area contributed by atoms with Crippen LogP contribution in [0.1, 0.15) is 31.9 Å². The van der Waals surface area contributed by atoms with E-state index in [2.05, 4.69) is 5.32 Å². The van der Waals surface area contributed by atoms with E-state index in [4.69, 9.17) is 4.74 Å². The Labute approximate surface area is 101 Å². The molecule has 0 aromatic heterocycles. The Morgan fingerprint density at radius 1 is 1.29 bits per heavy atom. The Morgan fingerprint density at radius 2 is 2.06 bits per heavy atom. The molecule has 0 aliphatic heterocycles. The molecule has 2 nitrogen and oxygen atoms in total. The van der Waals surface area contributed by atoms with Gasteiger partial charge in [0.15, 0.2) is 0 Å². The van der Waals surface area contributed by atoms with Gasteiger partial charge in [0.25, 0.3) is 0 Å². The predicted molar refractivity (Wildman–Crippen MR) is 63.9 cm³/mol. The van der Waals surface area contributed by atoms with Crippen molar-refractivity contribution in [3.63, 3.8) is 0 Å². The number of hydrogen-bond acceptors (Lipinski definition) is 2. The van der Waals surface area contributed by atoms with E-state index in [1.807, 2.05) is 13.8 Å². The van der Waals surface area contributed by atoms with Crippen molar-refractivity contribution in [2.24, 2.45) is 0 Å². The van der Waals surface area contributed by atoms with Crippen molar-refractivity contribution in [3.05, 3.63) is 35.4 Å². The van der Waals surface area contributed by atoms with Crippen molar-refractivity contribution in [1.82, 2.24) is 5.32 Å². The first kappa shape index (κ1) is 14.1. The first-order chi connectivity index (χ1) is 8.19. The molecular formula is C13H19F2NO. The summed E-state index contributed by atoms with van der Waals surface area (Å²) in [6.07, 6.45) is 0.921. The Kier molecular flexibility index (Phi) is 6.08. The number of benzene rings is 1. The minimum Gasteiger partial charge on any atom is -0.379 e. The first-order valence-corrected chi connectivity index (χ1v) is 5.95. The van der Waals surface area contributed by atoms with Gasteiger partial charge in [-0.05, 0) is 19.0 Å². The Bertz CT molecular complexity index is 344. The lowest BCUT2D eigenvalue weighted by atomic mass is 10.1. The molecule has 0 radical (unpaired) electrons. The summed E-state index contributed by atoms with van der Waals surface area (Å²) in [4.78, 5) is 0. The van der Waals surface area contributed by atoms with Crippen LogP contribution in [-0.4, -0.2) is 19.8 Å². The molecule has 1 aromatic rings. The van der Waals surface area contributed by atoms with Crippen LogP contribution in [0.3, 0.4) is 0 Å². The van der Waals surface area contributed by atoms with Crippen LogP contribution >= 0.6 is 0 Å². The van der Waals surface area contributed by atoms with Crippen LogP contribution < -0.4 is 5.32 Å². The van der Waals surface area contributed by atoms with Gasteiger partial charge in [-0.1, -0.05) is 19.9 Å². The zero-order valence-corrected chi connectivity index (χ0v) is 10.3. The maximum absolute atomic E-state index is 13.6. The number of hydrogen-bond donors (Lipinski definition) is 1. The highest BCUT2D eigenvalue weighted by Crippen LogP contribution is 2.18. The lowest BCUT2D eigenvalue weighted by Gasteiger charge is -2.19. The van der Waals surface area contributed by atoms with E-state index in [9.17, 15) is 8.78 Å². The van der Waals surface area contributed by atoms with Gasteiger partial charge in [0.05, 0.1) is 12.6 Å². The highest BCUT2D eigenvalue weighted by molar-refractivity contribution is 5.22. The average molecular weight is 243 g/mol. The smallest absolute Gasteiger partial charge is 0.130 e. The quantitative estimate of drug-likeness (QED) is 0.743.